The number of carbonyl (C=O) groups is 2. The van der Waals surface area contributed by atoms with E-state index in [0.717, 1.165) is 18.9 Å². The molecule has 1 amide bonds. The predicted octanol–water partition coefficient (Wildman–Crippen LogP) is 4.75. The Kier molecular flexibility index (Phi) is 7.91. The van der Waals surface area contributed by atoms with E-state index < -0.39 is 20.0 Å². The molecule has 0 radical (unpaired) electrons. The van der Waals surface area contributed by atoms with Crippen LogP contribution in [0.15, 0.2) is 36.1 Å². The highest BCUT2D eigenvalue weighted by Crippen LogP contribution is 2.34. The van der Waals surface area contributed by atoms with Gasteiger partial charge in [0.05, 0.1) is 18.7 Å². The number of para-hydroxylation sites is 1. The van der Waals surface area contributed by atoms with Crippen molar-refractivity contribution in [1.82, 2.24) is 4.90 Å². The van der Waals surface area contributed by atoms with Crippen molar-refractivity contribution < 1.29 is 23.5 Å². The number of nitrogens with zero attached hydrogens (tertiary/aromatic N) is 1. The smallest absolute Gasteiger partial charge is 0.358 e. The lowest BCUT2D eigenvalue weighted by atomic mass is 10.1. The molecule has 1 atom stereocenters. The zero-order valence-electron chi connectivity index (χ0n) is 17.8. The molecule has 160 valence electrons. The molecule has 1 aromatic rings. The lowest BCUT2D eigenvalue weighted by Gasteiger charge is -2.43. The van der Waals surface area contributed by atoms with Gasteiger partial charge >= 0.3 is 5.97 Å². The molecule has 0 N–H and O–H groups in total. The number of hydrogen-bond acceptors (Lipinski definition) is 5. The number of hydrogen-bond donors (Lipinski definition) is 0. The maximum Gasteiger partial charge on any atom is 0.358 e. The normalized spacial score (nSPS) is 16.4. The molecule has 0 saturated carbocycles. The summed E-state index contributed by atoms with van der Waals surface area (Å²) in [6.45, 7) is 8.16. The second-order valence-corrected chi connectivity index (χ2v) is 12.3. The average molecular weight is 440 g/mol. The van der Waals surface area contributed by atoms with Crippen molar-refractivity contribution in [2.24, 2.45) is 0 Å². The van der Waals surface area contributed by atoms with Gasteiger partial charge in [-0.1, -0.05) is 50.4 Å². The molecule has 0 aliphatic carbocycles. The second-order valence-electron chi connectivity index (χ2n) is 7.66. The third-order valence-corrected chi connectivity index (χ3v) is 7.70. The highest BCUT2D eigenvalue weighted by molar-refractivity contribution is 6.71. The lowest BCUT2D eigenvalue weighted by Crippen LogP contribution is -2.61. The Hall–Kier alpha value is -1.83. The fourth-order valence-electron chi connectivity index (χ4n) is 3.42. The quantitative estimate of drug-likeness (QED) is 0.389. The molecule has 0 saturated heterocycles. The third-order valence-electron chi connectivity index (χ3n) is 4.94. The van der Waals surface area contributed by atoms with E-state index in [9.17, 15) is 9.59 Å². The van der Waals surface area contributed by atoms with E-state index in [-0.39, 0.29) is 18.9 Å². The molecule has 8 heteroatoms. The number of rotatable bonds is 10. The Morgan fingerprint density at radius 2 is 1.97 bits per heavy atom. The minimum absolute atomic E-state index is 0.102. The van der Waals surface area contributed by atoms with Gasteiger partial charge < -0.3 is 13.9 Å². The first-order valence-electron chi connectivity index (χ1n) is 9.92. The van der Waals surface area contributed by atoms with Gasteiger partial charge in [-0.2, -0.15) is 0 Å². The third kappa shape index (κ3) is 5.41. The van der Waals surface area contributed by atoms with Crippen LogP contribution < -0.4 is 4.74 Å². The van der Waals surface area contributed by atoms with Gasteiger partial charge in [0.2, 0.25) is 5.72 Å². The van der Waals surface area contributed by atoms with Crippen LogP contribution in [0.25, 0.3) is 0 Å². The first kappa shape index (κ1) is 23.4. The van der Waals surface area contributed by atoms with Gasteiger partial charge in [-0.05, 0) is 31.3 Å². The molecule has 0 bridgehead atoms. The van der Waals surface area contributed by atoms with E-state index >= 15 is 0 Å². The number of unbranched alkanes of at least 4 members (excludes halogenated alkanes) is 1. The average Bonchev–Trinajstić information content (AvgIpc) is 3.06. The number of ether oxygens (including phenoxy) is 2. The van der Waals surface area contributed by atoms with Crippen LogP contribution in [0.2, 0.25) is 24.2 Å². The van der Waals surface area contributed by atoms with E-state index in [2.05, 4.69) is 20.0 Å². The Balaban J connectivity index is 2.29. The summed E-state index contributed by atoms with van der Waals surface area (Å²) in [5.41, 5.74) is -1.47. The lowest BCUT2D eigenvalue weighted by molar-refractivity contribution is -0.184. The second kappa shape index (κ2) is 9.78. The number of methoxy groups -OCH3 is 1. The summed E-state index contributed by atoms with van der Waals surface area (Å²) in [7, 11) is -0.930. The van der Waals surface area contributed by atoms with E-state index in [1.165, 1.54) is 18.1 Å². The summed E-state index contributed by atoms with van der Waals surface area (Å²) in [6.07, 6.45) is 3.70. The highest BCUT2D eigenvalue weighted by Gasteiger charge is 2.52. The van der Waals surface area contributed by atoms with Gasteiger partial charge in [0.25, 0.3) is 5.91 Å². The summed E-state index contributed by atoms with van der Waals surface area (Å²) >= 11 is 6.16. The van der Waals surface area contributed by atoms with Crippen LogP contribution in [0.4, 0.5) is 0 Å². The number of amides is 1. The summed E-state index contributed by atoms with van der Waals surface area (Å²) in [4.78, 5) is 27.1. The largest absolute Gasteiger partial charge is 0.465 e. The molecule has 0 spiro atoms. The van der Waals surface area contributed by atoms with Crippen LogP contribution in [0.1, 0.15) is 33.1 Å². The van der Waals surface area contributed by atoms with Crippen LogP contribution in [-0.4, -0.2) is 44.5 Å². The molecule has 0 fully saturated rings. The Bertz CT molecular complexity index is 782. The maximum atomic E-state index is 12.9. The van der Waals surface area contributed by atoms with E-state index in [1.807, 2.05) is 6.92 Å². The van der Waals surface area contributed by atoms with Crippen LogP contribution in [0.5, 0.6) is 5.75 Å². The fourth-order valence-corrected chi connectivity index (χ4v) is 6.15. The van der Waals surface area contributed by atoms with Crippen LogP contribution in [0, 0.1) is 0 Å². The monoisotopic (exact) mass is 439 g/mol. The van der Waals surface area contributed by atoms with Crippen molar-refractivity contribution in [3.8, 4) is 5.75 Å². The minimum Gasteiger partial charge on any atom is -0.465 e. The standard InChI is InChI=1S/C21H30ClNO5Si/c1-6-8-13-29(4,5)28-21(7-2,20(25)26-3)23-15-16(14-19(23)24)27-18-12-10-9-11-17(18)22/h9-12,14H,6-8,13,15H2,1-5H3. The summed E-state index contributed by atoms with van der Waals surface area (Å²) in [6, 6.07) is 7.92. The zero-order valence-corrected chi connectivity index (χ0v) is 19.5. The first-order valence-corrected chi connectivity index (χ1v) is 13.4. The Labute approximate surface area is 178 Å². The SMILES string of the molecule is CCCC[Si](C)(C)OC(CC)(C(=O)OC)N1CC(Oc2ccccc2Cl)=CC1=O. The minimum atomic E-state index is -2.24. The van der Waals surface area contributed by atoms with Crippen molar-refractivity contribution in [3.63, 3.8) is 0 Å². The topological polar surface area (TPSA) is 65.1 Å². The van der Waals surface area contributed by atoms with Crippen LogP contribution in [-0.2, 0) is 18.8 Å². The molecule has 2 rings (SSSR count). The number of benzene rings is 1. The van der Waals surface area contributed by atoms with Crippen molar-refractivity contribution in [2.75, 3.05) is 13.7 Å². The summed E-state index contributed by atoms with van der Waals surface area (Å²) in [5.74, 6) is -0.0623. The molecule has 1 aliphatic rings. The molecule has 1 heterocycles. The Morgan fingerprint density at radius 3 is 2.55 bits per heavy atom. The van der Waals surface area contributed by atoms with Crippen LogP contribution in [0.3, 0.4) is 0 Å². The first-order chi connectivity index (χ1) is 13.7. The van der Waals surface area contributed by atoms with E-state index in [1.54, 1.807) is 24.3 Å². The number of carbonyl (C=O) groups excluding carboxylic acids is 2. The molecule has 1 aromatic carbocycles. The van der Waals surface area contributed by atoms with Gasteiger partial charge in [0.1, 0.15) is 11.5 Å². The molecule has 1 unspecified atom stereocenters. The van der Waals surface area contributed by atoms with Crippen molar-refractivity contribution >= 4 is 31.8 Å². The van der Waals surface area contributed by atoms with Gasteiger partial charge in [0.15, 0.2) is 8.32 Å². The summed E-state index contributed by atoms with van der Waals surface area (Å²) in [5, 5.41) is 0.443. The highest BCUT2D eigenvalue weighted by atomic mass is 35.5. The number of esters is 1. The van der Waals surface area contributed by atoms with Gasteiger partial charge in [0, 0.05) is 12.5 Å². The van der Waals surface area contributed by atoms with Crippen molar-refractivity contribution in [3.05, 3.63) is 41.1 Å². The molecule has 29 heavy (non-hydrogen) atoms. The molecule has 0 aromatic heterocycles. The number of halogens is 1. The fraction of sp³-hybridized carbons (Fsp3) is 0.524. The van der Waals surface area contributed by atoms with E-state index in [4.69, 9.17) is 25.5 Å². The maximum absolute atomic E-state index is 12.9. The molecular formula is C21H30ClNO5Si. The predicted molar refractivity (Wildman–Crippen MR) is 115 cm³/mol. The Morgan fingerprint density at radius 1 is 1.28 bits per heavy atom. The zero-order chi connectivity index (χ0) is 21.7. The summed E-state index contributed by atoms with van der Waals surface area (Å²) < 4.78 is 17.4. The van der Waals surface area contributed by atoms with Crippen molar-refractivity contribution in [1.29, 1.82) is 0 Å². The van der Waals surface area contributed by atoms with Crippen molar-refractivity contribution in [2.45, 2.75) is 58.0 Å². The van der Waals surface area contributed by atoms with Gasteiger partial charge in [-0.25, -0.2) is 4.79 Å². The molecular weight excluding hydrogens is 410 g/mol. The molecule has 6 nitrogen and oxygen atoms in total. The van der Waals surface area contributed by atoms with Crippen LogP contribution >= 0.6 is 11.6 Å². The van der Waals surface area contributed by atoms with E-state index in [0.29, 0.717) is 16.5 Å². The van der Waals surface area contributed by atoms with Gasteiger partial charge in [-0.15, -0.1) is 0 Å². The molecule has 1 aliphatic heterocycles. The van der Waals surface area contributed by atoms with Gasteiger partial charge in [-0.3, -0.25) is 9.69 Å².